The summed E-state index contributed by atoms with van der Waals surface area (Å²) in [7, 11) is 1.98. The zero-order valence-electron chi connectivity index (χ0n) is 11.8. The van der Waals surface area contributed by atoms with Crippen LogP contribution in [0.1, 0.15) is 18.2 Å². The minimum atomic E-state index is 0.111. The van der Waals surface area contributed by atoms with Gasteiger partial charge in [-0.15, -0.1) is 0 Å². The molecule has 3 rings (SSSR count). The van der Waals surface area contributed by atoms with Crippen molar-refractivity contribution in [3.05, 3.63) is 42.0 Å². The van der Waals surface area contributed by atoms with E-state index in [0.29, 0.717) is 0 Å². The van der Waals surface area contributed by atoms with Crippen LogP contribution in [-0.4, -0.2) is 22.0 Å². The van der Waals surface area contributed by atoms with E-state index in [2.05, 4.69) is 16.4 Å². The first-order chi connectivity index (χ1) is 9.65. The molecule has 0 spiro atoms. The van der Waals surface area contributed by atoms with Crippen molar-refractivity contribution in [3.63, 3.8) is 0 Å². The Kier molecular flexibility index (Phi) is 3.18. The second kappa shape index (κ2) is 5.00. The minimum Gasteiger partial charge on any atom is -0.379 e. The molecule has 1 N–H and O–H groups in total. The molecular weight excluding hydrogens is 252 g/mol. The van der Waals surface area contributed by atoms with Crippen LogP contribution in [0, 0.1) is 0 Å². The SMILES string of the molecule is CC(=O)N1CCc2cc(NCc3cncn3C)ccc21. The average Bonchev–Trinajstić information content (AvgIpc) is 3.02. The van der Waals surface area contributed by atoms with E-state index in [4.69, 9.17) is 0 Å². The Labute approximate surface area is 118 Å². The summed E-state index contributed by atoms with van der Waals surface area (Å²) in [5, 5.41) is 3.40. The Morgan fingerprint density at radius 3 is 3.00 bits per heavy atom. The van der Waals surface area contributed by atoms with Gasteiger partial charge in [-0.3, -0.25) is 4.79 Å². The van der Waals surface area contributed by atoms with Gasteiger partial charge in [0.2, 0.25) is 5.91 Å². The van der Waals surface area contributed by atoms with Gasteiger partial charge in [-0.05, 0) is 30.2 Å². The third kappa shape index (κ3) is 2.27. The van der Waals surface area contributed by atoms with E-state index in [1.165, 1.54) is 5.56 Å². The third-order valence-corrected chi connectivity index (χ3v) is 3.75. The van der Waals surface area contributed by atoms with Crippen LogP contribution in [0.3, 0.4) is 0 Å². The number of nitrogens with zero attached hydrogens (tertiary/aromatic N) is 3. The van der Waals surface area contributed by atoms with E-state index in [0.717, 1.165) is 36.6 Å². The number of aromatic nitrogens is 2. The van der Waals surface area contributed by atoms with Crippen LogP contribution in [0.2, 0.25) is 0 Å². The number of aryl methyl sites for hydroxylation is 1. The van der Waals surface area contributed by atoms with Gasteiger partial charge in [0.25, 0.3) is 0 Å². The first-order valence-corrected chi connectivity index (χ1v) is 6.75. The molecule has 2 aromatic rings. The fourth-order valence-electron chi connectivity index (χ4n) is 2.59. The molecule has 0 radical (unpaired) electrons. The summed E-state index contributed by atoms with van der Waals surface area (Å²) in [6.45, 7) is 3.14. The lowest BCUT2D eigenvalue weighted by Gasteiger charge is -2.15. The predicted octanol–water partition coefficient (Wildman–Crippen LogP) is 1.94. The van der Waals surface area contributed by atoms with Gasteiger partial charge in [0.05, 0.1) is 18.6 Å². The molecule has 0 saturated carbocycles. The molecule has 5 nitrogen and oxygen atoms in total. The Hall–Kier alpha value is -2.30. The van der Waals surface area contributed by atoms with E-state index >= 15 is 0 Å². The fraction of sp³-hybridized carbons (Fsp3) is 0.333. The molecule has 1 aliphatic heterocycles. The summed E-state index contributed by atoms with van der Waals surface area (Å²) >= 11 is 0. The molecule has 1 amide bonds. The van der Waals surface area contributed by atoms with Gasteiger partial charge in [-0.1, -0.05) is 0 Å². The first-order valence-electron chi connectivity index (χ1n) is 6.75. The lowest BCUT2D eigenvalue weighted by Crippen LogP contribution is -2.25. The standard InChI is InChI=1S/C15H18N4O/c1-11(20)19-6-5-12-7-13(3-4-15(12)19)17-9-14-8-16-10-18(14)2/h3-4,7-8,10,17H,5-6,9H2,1-2H3. The van der Waals surface area contributed by atoms with Crippen LogP contribution in [-0.2, 0) is 24.8 Å². The highest BCUT2D eigenvalue weighted by Gasteiger charge is 2.21. The molecule has 20 heavy (non-hydrogen) atoms. The normalized spacial score (nSPS) is 13.4. The van der Waals surface area contributed by atoms with Crippen LogP contribution in [0.15, 0.2) is 30.7 Å². The number of amides is 1. The summed E-state index contributed by atoms with van der Waals surface area (Å²) in [5.74, 6) is 0.111. The van der Waals surface area contributed by atoms with E-state index < -0.39 is 0 Å². The van der Waals surface area contributed by atoms with E-state index in [1.54, 1.807) is 13.3 Å². The summed E-state index contributed by atoms with van der Waals surface area (Å²) in [6, 6.07) is 6.18. The number of anilines is 2. The first kappa shape index (κ1) is 12.7. The molecule has 2 heterocycles. The minimum absolute atomic E-state index is 0.111. The van der Waals surface area contributed by atoms with Crippen molar-refractivity contribution in [2.75, 3.05) is 16.8 Å². The highest BCUT2D eigenvalue weighted by atomic mass is 16.2. The third-order valence-electron chi connectivity index (χ3n) is 3.75. The molecule has 0 saturated heterocycles. The van der Waals surface area contributed by atoms with Gasteiger partial charge in [-0.25, -0.2) is 4.98 Å². The largest absolute Gasteiger partial charge is 0.379 e. The van der Waals surface area contributed by atoms with Gasteiger partial charge < -0.3 is 14.8 Å². The maximum atomic E-state index is 11.5. The molecule has 0 fully saturated rings. The second-order valence-electron chi connectivity index (χ2n) is 5.11. The topological polar surface area (TPSA) is 50.2 Å². The van der Waals surface area contributed by atoms with Crippen molar-refractivity contribution >= 4 is 17.3 Å². The Morgan fingerprint density at radius 1 is 1.45 bits per heavy atom. The number of carbonyl (C=O) groups is 1. The zero-order chi connectivity index (χ0) is 14.1. The summed E-state index contributed by atoms with van der Waals surface area (Å²) in [6.07, 6.45) is 4.58. The maximum absolute atomic E-state index is 11.5. The number of carbonyl (C=O) groups excluding carboxylic acids is 1. The molecule has 0 bridgehead atoms. The van der Waals surface area contributed by atoms with Crippen LogP contribution in [0.4, 0.5) is 11.4 Å². The molecule has 0 atom stereocenters. The predicted molar refractivity (Wildman–Crippen MR) is 78.7 cm³/mol. The number of hydrogen-bond acceptors (Lipinski definition) is 3. The second-order valence-corrected chi connectivity index (χ2v) is 5.11. The van der Waals surface area contributed by atoms with Crippen LogP contribution in [0.5, 0.6) is 0 Å². The molecule has 5 heteroatoms. The van der Waals surface area contributed by atoms with Gasteiger partial charge in [-0.2, -0.15) is 0 Å². The lowest BCUT2D eigenvalue weighted by molar-refractivity contribution is -0.116. The quantitative estimate of drug-likeness (QED) is 0.927. The highest BCUT2D eigenvalue weighted by Crippen LogP contribution is 2.30. The number of hydrogen-bond donors (Lipinski definition) is 1. The van der Waals surface area contributed by atoms with E-state index in [-0.39, 0.29) is 5.91 Å². The van der Waals surface area contributed by atoms with Gasteiger partial charge in [0.15, 0.2) is 0 Å². The van der Waals surface area contributed by atoms with Crippen molar-refractivity contribution in [1.82, 2.24) is 9.55 Å². The maximum Gasteiger partial charge on any atom is 0.223 e. The monoisotopic (exact) mass is 270 g/mol. The van der Waals surface area contributed by atoms with Crippen molar-refractivity contribution in [2.24, 2.45) is 7.05 Å². The van der Waals surface area contributed by atoms with E-state index in [9.17, 15) is 4.79 Å². The number of fused-ring (bicyclic) bond motifs is 1. The number of rotatable bonds is 3. The van der Waals surface area contributed by atoms with Crippen molar-refractivity contribution in [1.29, 1.82) is 0 Å². The Bertz CT molecular complexity index is 647. The van der Waals surface area contributed by atoms with Gasteiger partial charge >= 0.3 is 0 Å². The molecule has 1 aromatic heterocycles. The average molecular weight is 270 g/mol. The molecule has 0 aliphatic carbocycles. The van der Waals surface area contributed by atoms with Crippen LogP contribution < -0.4 is 10.2 Å². The molecular formula is C15H18N4O. The Morgan fingerprint density at radius 2 is 2.30 bits per heavy atom. The molecule has 1 aliphatic rings. The van der Waals surface area contributed by atoms with Crippen LogP contribution >= 0.6 is 0 Å². The lowest BCUT2D eigenvalue weighted by atomic mass is 10.1. The molecule has 0 unspecified atom stereocenters. The van der Waals surface area contributed by atoms with Crippen molar-refractivity contribution < 1.29 is 4.79 Å². The number of benzene rings is 1. The fourth-order valence-corrected chi connectivity index (χ4v) is 2.59. The zero-order valence-corrected chi connectivity index (χ0v) is 11.8. The molecule has 104 valence electrons. The number of imidazole rings is 1. The van der Waals surface area contributed by atoms with E-state index in [1.807, 2.05) is 34.8 Å². The molecule has 1 aromatic carbocycles. The van der Waals surface area contributed by atoms with Crippen molar-refractivity contribution in [3.8, 4) is 0 Å². The smallest absolute Gasteiger partial charge is 0.223 e. The summed E-state index contributed by atoms with van der Waals surface area (Å²) in [5.41, 5.74) is 4.49. The summed E-state index contributed by atoms with van der Waals surface area (Å²) in [4.78, 5) is 17.4. The van der Waals surface area contributed by atoms with Crippen LogP contribution in [0.25, 0.3) is 0 Å². The van der Waals surface area contributed by atoms with Gasteiger partial charge in [0.1, 0.15) is 0 Å². The highest BCUT2D eigenvalue weighted by molar-refractivity contribution is 5.94. The Balaban J connectivity index is 1.74. The summed E-state index contributed by atoms with van der Waals surface area (Å²) < 4.78 is 2.00. The number of nitrogens with one attached hydrogen (secondary N) is 1. The van der Waals surface area contributed by atoms with Gasteiger partial charge in [0, 0.05) is 38.1 Å². The van der Waals surface area contributed by atoms with Crippen molar-refractivity contribution in [2.45, 2.75) is 19.9 Å².